The Morgan fingerprint density at radius 2 is 1.58 bits per heavy atom. The number of hydrogen-bond acceptors (Lipinski definition) is 5. The number of carbonyl (C=O) groups is 2. The highest BCUT2D eigenvalue weighted by Gasteiger charge is 2.19. The molecule has 0 aliphatic rings. The summed E-state index contributed by atoms with van der Waals surface area (Å²) in [6, 6.07) is 14.6. The van der Waals surface area contributed by atoms with Crippen LogP contribution >= 0.6 is 0 Å². The summed E-state index contributed by atoms with van der Waals surface area (Å²) in [5, 5.41) is 8.59. The fourth-order valence-electron chi connectivity index (χ4n) is 2.03. The first-order chi connectivity index (χ1) is 11.4. The first-order valence-electron chi connectivity index (χ1n) is 7.14. The molecule has 0 saturated carbocycles. The third kappa shape index (κ3) is 4.92. The van der Waals surface area contributed by atoms with Crippen LogP contribution in [0.15, 0.2) is 59.5 Å². The third-order valence-electron chi connectivity index (χ3n) is 3.23. The van der Waals surface area contributed by atoms with Crippen LogP contribution in [-0.4, -0.2) is 37.8 Å². The van der Waals surface area contributed by atoms with Crippen molar-refractivity contribution in [1.82, 2.24) is 0 Å². The van der Waals surface area contributed by atoms with Crippen molar-refractivity contribution in [3.63, 3.8) is 0 Å². The summed E-state index contributed by atoms with van der Waals surface area (Å²) >= 11 is 0. The Kier molecular flexibility index (Phi) is 5.70. The number of carboxylic acid groups (broad SMARTS) is 1. The molecular weight excluding hydrogens is 332 g/mol. The average Bonchev–Trinajstić information content (AvgIpc) is 2.55. The minimum absolute atomic E-state index is 0.147. The van der Waals surface area contributed by atoms with Crippen molar-refractivity contribution in [2.75, 3.05) is 12.4 Å². The third-order valence-corrected chi connectivity index (χ3v) is 4.85. The van der Waals surface area contributed by atoms with Gasteiger partial charge in [-0.25, -0.2) is 13.2 Å². The van der Waals surface area contributed by atoms with Gasteiger partial charge in [-0.2, -0.15) is 0 Å². The molecule has 0 heterocycles. The van der Waals surface area contributed by atoms with E-state index in [4.69, 9.17) is 9.84 Å². The number of ether oxygens (including phenoxy) is 1. The molecule has 0 amide bonds. The van der Waals surface area contributed by atoms with Crippen molar-refractivity contribution < 1.29 is 27.9 Å². The van der Waals surface area contributed by atoms with E-state index in [0.717, 1.165) is 5.56 Å². The van der Waals surface area contributed by atoms with Crippen molar-refractivity contribution in [3.05, 3.63) is 65.7 Å². The van der Waals surface area contributed by atoms with Gasteiger partial charge in [0.15, 0.2) is 15.6 Å². The molecule has 0 fully saturated rings. The van der Waals surface area contributed by atoms with Crippen molar-refractivity contribution in [2.45, 2.75) is 11.3 Å². The Labute approximate surface area is 139 Å². The summed E-state index contributed by atoms with van der Waals surface area (Å²) in [6.45, 7) is 0.210. The Morgan fingerprint density at radius 1 is 0.958 bits per heavy atom. The van der Waals surface area contributed by atoms with Gasteiger partial charge in [-0.05, 0) is 29.8 Å². The SMILES string of the molecule is O=C(O)CS(=O)(=O)c1ccc(C(=O)OCCc2ccccc2)cc1. The molecule has 0 atom stereocenters. The van der Waals surface area contributed by atoms with Crippen molar-refractivity contribution >= 4 is 21.8 Å². The molecule has 0 aromatic heterocycles. The predicted octanol–water partition coefficient (Wildman–Crippen LogP) is 1.94. The Bertz CT molecular complexity index is 810. The molecule has 7 heteroatoms. The summed E-state index contributed by atoms with van der Waals surface area (Å²) in [5.74, 6) is -2.99. The maximum Gasteiger partial charge on any atom is 0.338 e. The van der Waals surface area contributed by atoms with Crippen LogP contribution in [0.5, 0.6) is 0 Å². The summed E-state index contributed by atoms with van der Waals surface area (Å²) in [5.41, 5.74) is 1.25. The smallest absolute Gasteiger partial charge is 0.338 e. The van der Waals surface area contributed by atoms with Gasteiger partial charge in [0, 0.05) is 6.42 Å². The van der Waals surface area contributed by atoms with E-state index in [2.05, 4.69) is 0 Å². The summed E-state index contributed by atoms with van der Waals surface area (Å²) in [7, 11) is -3.91. The van der Waals surface area contributed by atoms with E-state index < -0.39 is 27.5 Å². The summed E-state index contributed by atoms with van der Waals surface area (Å²) in [4.78, 5) is 22.3. The molecular formula is C17H16O6S. The topological polar surface area (TPSA) is 97.7 Å². The van der Waals surface area contributed by atoms with Crippen LogP contribution in [0.4, 0.5) is 0 Å². The van der Waals surface area contributed by atoms with Gasteiger partial charge in [-0.3, -0.25) is 4.79 Å². The molecule has 0 bridgehead atoms. The Balaban J connectivity index is 1.95. The quantitative estimate of drug-likeness (QED) is 0.768. The Hall–Kier alpha value is -2.67. The van der Waals surface area contributed by atoms with Gasteiger partial charge < -0.3 is 9.84 Å². The van der Waals surface area contributed by atoms with Crippen LogP contribution in [0.3, 0.4) is 0 Å². The minimum atomic E-state index is -3.91. The van der Waals surface area contributed by atoms with Gasteiger partial charge in [0.25, 0.3) is 0 Å². The standard InChI is InChI=1S/C17H16O6S/c18-16(19)12-24(21,22)15-8-6-14(7-9-15)17(20)23-11-10-13-4-2-1-3-5-13/h1-9H,10-12H2,(H,18,19). The number of carbonyl (C=O) groups excluding carboxylic acids is 1. The molecule has 1 N–H and O–H groups in total. The molecule has 0 aliphatic heterocycles. The number of carboxylic acids is 1. The second-order valence-corrected chi connectivity index (χ2v) is 7.04. The fraction of sp³-hybridized carbons (Fsp3) is 0.176. The largest absolute Gasteiger partial charge is 0.480 e. The molecule has 6 nitrogen and oxygen atoms in total. The van der Waals surface area contributed by atoms with Crippen molar-refractivity contribution in [1.29, 1.82) is 0 Å². The van der Waals surface area contributed by atoms with E-state index >= 15 is 0 Å². The number of aliphatic carboxylic acids is 1. The van der Waals surface area contributed by atoms with Gasteiger partial charge in [0.2, 0.25) is 0 Å². The van der Waals surface area contributed by atoms with E-state index in [0.29, 0.717) is 6.42 Å². The van der Waals surface area contributed by atoms with Crippen molar-refractivity contribution in [3.8, 4) is 0 Å². The molecule has 2 aromatic rings. The summed E-state index contributed by atoms with van der Waals surface area (Å²) < 4.78 is 28.7. The predicted molar refractivity (Wildman–Crippen MR) is 86.6 cm³/mol. The summed E-state index contributed by atoms with van der Waals surface area (Å²) in [6.07, 6.45) is 0.581. The molecule has 0 unspecified atom stereocenters. The monoisotopic (exact) mass is 348 g/mol. The second-order valence-electron chi connectivity index (χ2n) is 5.05. The van der Waals surface area contributed by atoms with E-state index in [1.807, 2.05) is 30.3 Å². The van der Waals surface area contributed by atoms with Gasteiger partial charge in [-0.15, -0.1) is 0 Å². The molecule has 2 rings (SSSR count). The molecule has 24 heavy (non-hydrogen) atoms. The van der Waals surface area contributed by atoms with E-state index in [-0.39, 0.29) is 17.1 Å². The number of esters is 1. The zero-order chi connectivity index (χ0) is 17.6. The zero-order valence-corrected chi connectivity index (χ0v) is 13.5. The lowest BCUT2D eigenvalue weighted by Crippen LogP contribution is -2.15. The van der Waals surface area contributed by atoms with Crippen LogP contribution in [-0.2, 0) is 25.8 Å². The number of hydrogen-bond donors (Lipinski definition) is 1. The lowest BCUT2D eigenvalue weighted by atomic mass is 10.2. The van der Waals surface area contributed by atoms with Gasteiger partial charge in [0.05, 0.1) is 17.1 Å². The zero-order valence-electron chi connectivity index (χ0n) is 12.7. The minimum Gasteiger partial charge on any atom is -0.480 e. The highest BCUT2D eigenvalue weighted by atomic mass is 32.2. The van der Waals surface area contributed by atoms with Crippen molar-refractivity contribution in [2.24, 2.45) is 0 Å². The van der Waals surface area contributed by atoms with Crippen LogP contribution in [0.25, 0.3) is 0 Å². The van der Waals surface area contributed by atoms with Crippen LogP contribution in [0.1, 0.15) is 15.9 Å². The second kappa shape index (κ2) is 7.74. The lowest BCUT2D eigenvalue weighted by molar-refractivity contribution is -0.134. The fourth-order valence-corrected chi connectivity index (χ4v) is 3.08. The number of sulfone groups is 1. The number of benzene rings is 2. The van der Waals surface area contributed by atoms with E-state index in [9.17, 15) is 18.0 Å². The van der Waals surface area contributed by atoms with Gasteiger partial charge in [0.1, 0.15) is 0 Å². The van der Waals surface area contributed by atoms with Crippen LogP contribution in [0.2, 0.25) is 0 Å². The normalized spacial score (nSPS) is 11.0. The molecule has 2 aromatic carbocycles. The Morgan fingerprint density at radius 3 is 2.17 bits per heavy atom. The van der Waals surface area contributed by atoms with Gasteiger partial charge >= 0.3 is 11.9 Å². The molecule has 126 valence electrons. The maximum absolute atomic E-state index is 11.9. The molecule has 0 radical (unpaired) electrons. The number of rotatable bonds is 7. The van der Waals surface area contributed by atoms with E-state index in [1.54, 1.807) is 0 Å². The van der Waals surface area contributed by atoms with Gasteiger partial charge in [-0.1, -0.05) is 30.3 Å². The molecule has 0 saturated heterocycles. The first kappa shape index (κ1) is 17.7. The maximum atomic E-state index is 11.9. The average molecular weight is 348 g/mol. The highest BCUT2D eigenvalue weighted by Crippen LogP contribution is 2.13. The van der Waals surface area contributed by atoms with E-state index in [1.165, 1.54) is 24.3 Å². The van der Waals surface area contributed by atoms with Crippen LogP contribution < -0.4 is 0 Å². The highest BCUT2D eigenvalue weighted by molar-refractivity contribution is 7.92. The lowest BCUT2D eigenvalue weighted by Gasteiger charge is -2.06. The van der Waals surface area contributed by atoms with Crippen LogP contribution in [0, 0.1) is 0 Å². The molecule has 0 spiro atoms. The first-order valence-corrected chi connectivity index (χ1v) is 8.79. The molecule has 0 aliphatic carbocycles.